The topological polar surface area (TPSA) is 26.3 Å². The number of aryl methyl sites for hydroxylation is 1. The second kappa shape index (κ2) is 5.72. The quantitative estimate of drug-likeness (QED) is 0.798. The minimum Gasteiger partial charge on any atom is -0.466 e. The van der Waals surface area contributed by atoms with Crippen LogP contribution in [0.3, 0.4) is 0 Å². The summed E-state index contributed by atoms with van der Waals surface area (Å²) in [5.41, 5.74) is 5.00. The van der Waals surface area contributed by atoms with Crippen LogP contribution in [0.4, 0.5) is 0 Å². The van der Waals surface area contributed by atoms with Crippen molar-refractivity contribution in [2.24, 2.45) is 5.92 Å². The Morgan fingerprint density at radius 1 is 1.10 bits per heavy atom. The number of carbonyl (C=O) groups is 1. The van der Waals surface area contributed by atoms with E-state index in [1.54, 1.807) is 0 Å². The van der Waals surface area contributed by atoms with Crippen molar-refractivity contribution in [3.63, 3.8) is 0 Å². The van der Waals surface area contributed by atoms with E-state index in [9.17, 15) is 4.79 Å². The van der Waals surface area contributed by atoms with Crippen molar-refractivity contribution < 1.29 is 9.53 Å². The molecule has 0 saturated heterocycles. The fourth-order valence-corrected chi connectivity index (χ4v) is 3.38. The molecule has 2 aromatic carbocycles. The lowest BCUT2D eigenvalue weighted by Crippen LogP contribution is -2.23. The molecule has 1 aliphatic rings. The highest BCUT2D eigenvalue weighted by Gasteiger charge is 2.39. The normalized spacial score (nSPS) is 20.1. The zero-order chi connectivity index (χ0) is 14.8. The van der Waals surface area contributed by atoms with E-state index in [1.165, 1.54) is 22.3 Å². The highest BCUT2D eigenvalue weighted by atomic mass is 16.5. The number of carbonyl (C=O) groups excluding carboxylic acids is 1. The highest BCUT2D eigenvalue weighted by molar-refractivity contribution is 5.77. The summed E-state index contributed by atoms with van der Waals surface area (Å²) >= 11 is 0. The Balaban J connectivity index is 2.07. The fourth-order valence-electron chi connectivity index (χ4n) is 3.38. The molecule has 0 bridgehead atoms. The molecule has 2 unspecified atom stereocenters. The number of ether oxygens (including phenoxy) is 1. The molecule has 0 heterocycles. The number of fused-ring (bicyclic) bond motifs is 1. The zero-order valence-electron chi connectivity index (χ0n) is 12.5. The molecule has 108 valence electrons. The summed E-state index contributed by atoms with van der Waals surface area (Å²) in [5, 5.41) is 0. The Morgan fingerprint density at radius 2 is 1.76 bits per heavy atom. The van der Waals surface area contributed by atoms with Crippen LogP contribution in [0, 0.1) is 12.8 Å². The van der Waals surface area contributed by atoms with E-state index in [2.05, 4.69) is 37.3 Å². The molecule has 0 spiro atoms. The fraction of sp³-hybridized carbons (Fsp3) is 0.316. The maximum absolute atomic E-state index is 12.4. The van der Waals surface area contributed by atoms with Gasteiger partial charge in [-0.15, -0.1) is 0 Å². The molecule has 2 aromatic rings. The van der Waals surface area contributed by atoms with Gasteiger partial charge >= 0.3 is 5.97 Å². The smallest absolute Gasteiger partial charge is 0.310 e. The average molecular weight is 280 g/mol. The van der Waals surface area contributed by atoms with Crippen LogP contribution in [0.5, 0.6) is 0 Å². The molecule has 0 amide bonds. The van der Waals surface area contributed by atoms with E-state index >= 15 is 0 Å². The van der Waals surface area contributed by atoms with E-state index in [0.29, 0.717) is 6.61 Å². The van der Waals surface area contributed by atoms with E-state index in [-0.39, 0.29) is 17.8 Å². The van der Waals surface area contributed by atoms with Crippen LogP contribution in [0.2, 0.25) is 0 Å². The summed E-state index contributed by atoms with van der Waals surface area (Å²) < 4.78 is 5.31. The first kappa shape index (κ1) is 13.9. The second-order valence-electron chi connectivity index (χ2n) is 5.60. The molecule has 1 aliphatic carbocycles. The van der Waals surface area contributed by atoms with Crippen LogP contribution in [-0.2, 0) is 16.0 Å². The minimum atomic E-state index is -0.108. The standard InChI is InChI=1S/C19H20O2/c1-3-21-19(20)17-12-14-9-5-7-11-16(14)18(17)15-10-6-4-8-13(15)2/h4-11,17-18H,3,12H2,1-2H3. The summed E-state index contributed by atoms with van der Waals surface area (Å²) in [5.74, 6) is -0.0770. The number of hydrogen-bond donors (Lipinski definition) is 0. The summed E-state index contributed by atoms with van der Waals surface area (Å²) in [4.78, 5) is 12.4. The van der Waals surface area contributed by atoms with Gasteiger partial charge in [-0.3, -0.25) is 4.79 Å². The lowest BCUT2D eigenvalue weighted by Gasteiger charge is -2.21. The van der Waals surface area contributed by atoms with Gasteiger partial charge in [0.25, 0.3) is 0 Å². The molecular weight excluding hydrogens is 260 g/mol. The first-order valence-corrected chi connectivity index (χ1v) is 7.52. The van der Waals surface area contributed by atoms with Crippen molar-refractivity contribution in [2.75, 3.05) is 6.61 Å². The largest absolute Gasteiger partial charge is 0.466 e. The van der Waals surface area contributed by atoms with Gasteiger partial charge in [-0.05, 0) is 42.5 Å². The maximum Gasteiger partial charge on any atom is 0.310 e. The van der Waals surface area contributed by atoms with Gasteiger partial charge in [0.15, 0.2) is 0 Å². The Kier molecular flexibility index (Phi) is 3.78. The predicted octanol–water partition coefficient (Wildman–Crippen LogP) is 3.86. The molecular formula is C19H20O2. The molecule has 3 rings (SSSR count). The van der Waals surface area contributed by atoms with Crippen molar-refractivity contribution in [1.82, 2.24) is 0 Å². The number of esters is 1. The molecule has 2 nitrogen and oxygen atoms in total. The summed E-state index contributed by atoms with van der Waals surface area (Å²) in [6, 6.07) is 16.7. The van der Waals surface area contributed by atoms with E-state index in [4.69, 9.17) is 4.74 Å². The average Bonchev–Trinajstić information content (AvgIpc) is 2.87. The highest BCUT2D eigenvalue weighted by Crippen LogP contribution is 2.43. The summed E-state index contributed by atoms with van der Waals surface area (Å²) in [6.07, 6.45) is 0.772. The first-order valence-electron chi connectivity index (χ1n) is 7.52. The Morgan fingerprint density at radius 3 is 2.48 bits per heavy atom. The minimum absolute atomic E-state index is 0.0815. The van der Waals surface area contributed by atoms with Crippen molar-refractivity contribution in [1.29, 1.82) is 0 Å². The van der Waals surface area contributed by atoms with Crippen LogP contribution in [0.15, 0.2) is 48.5 Å². The van der Waals surface area contributed by atoms with Crippen molar-refractivity contribution in [3.8, 4) is 0 Å². The van der Waals surface area contributed by atoms with Crippen molar-refractivity contribution >= 4 is 5.97 Å². The molecule has 0 fully saturated rings. The SMILES string of the molecule is CCOC(=O)C1Cc2ccccc2C1c1ccccc1C. The van der Waals surface area contributed by atoms with Gasteiger partial charge in [-0.2, -0.15) is 0 Å². The number of rotatable bonds is 3. The van der Waals surface area contributed by atoms with Gasteiger partial charge in [0.1, 0.15) is 0 Å². The molecule has 0 aromatic heterocycles. The molecule has 2 atom stereocenters. The molecule has 0 N–H and O–H groups in total. The van der Waals surface area contributed by atoms with Gasteiger partial charge in [-0.25, -0.2) is 0 Å². The predicted molar refractivity (Wildman–Crippen MR) is 83.3 cm³/mol. The number of benzene rings is 2. The third kappa shape index (κ3) is 2.46. The van der Waals surface area contributed by atoms with Crippen LogP contribution in [0.25, 0.3) is 0 Å². The molecule has 0 saturated carbocycles. The Bertz CT molecular complexity index is 660. The summed E-state index contributed by atoms with van der Waals surface area (Å²) in [7, 11) is 0. The molecule has 21 heavy (non-hydrogen) atoms. The third-order valence-corrected chi connectivity index (χ3v) is 4.35. The lowest BCUT2D eigenvalue weighted by molar-refractivity contribution is -0.148. The van der Waals surface area contributed by atoms with Gasteiger partial charge < -0.3 is 4.74 Å². The second-order valence-corrected chi connectivity index (χ2v) is 5.60. The summed E-state index contributed by atoms with van der Waals surface area (Å²) in [6.45, 7) is 4.41. The van der Waals surface area contributed by atoms with Gasteiger partial charge in [-0.1, -0.05) is 48.5 Å². The van der Waals surface area contributed by atoms with Gasteiger partial charge in [0, 0.05) is 5.92 Å². The maximum atomic E-state index is 12.4. The molecule has 2 heteroatoms. The molecule has 0 aliphatic heterocycles. The Labute approximate surface area is 125 Å². The zero-order valence-corrected chi connectivity index (χ0v) is 12.5. The van der Waals surface area contributed by atoms with E-state index in [0.717, 1.165) is 6.42 Å². The first-order chi connectivity index (χ1) is 10.2. The van der Waals surface area contributed by atoms with Crippen LogP contribution < -0.4 is 0 Å². The van der Waals surface area contributed by atoms with Gasteiger partial charge in [0.05, 0.1) is 12.5 Å². The molecule has 0 radical (unpaired) electrons. The lowest BCUT2D eigenvalue weighted by atomic mass is 9.84. The third-order valence-electron chi connectivity index (χ3n) is 4.35. The number of hydrogen-bond acceptors (Lipinski definition) is 2. The van der Waals surface area contributed by atoms with Crippen LogP contribution in [0.1, 0.15) is 35.1 Å². The van der Waals surface area contributed by atoms with E-state index < -0.39 is 0 Å². The van der Waals surface area contributed by atoms with E-state index in [1.807, 2.05) is 25.1 Å². The monoisotopic (exact) mass is 280 g/mol. The van der Waals surface area contributed by atoms with Crippen molar-refractivity contribution in [2.45, 2.75) is 26.2 Å². The Hall–Kier alpha value is -2.09. The van der Waals surface area contributed by atoms with Crippen molar-refractivity contribution in [3.05, 3.63) is 70.8 Å². The van der Waals surface area contributed by atoms with Gasteiger partial charge in [0.2, 0.25) is 0 Å². The van der Waals surface area contributed by atoms with Crippen LogP contribution >= 0.6 is 0 Å². The van der Waals surface area contributed by atoms with Crippen LogP contribution in [-0.4, -0.2) is 12.6 Å².